The third-order valence-corrected chi connectivity index (χ3v) is 8.03. The highest BCUT2D eigenvalue weighted by molar-refractivity contribution is 7.99. The van der Waals surface area contributed by atoms with Crippen LogP contribution in [-0.4, -0.2) is 63.3 Å². The fraction of sp³-hybridized carbons (Fsp3) is 0.375. The van der Waals surface area contributed by atoms with Gasteiger partial charge in [-0.25, -0.2) is 9.07 Å². The molecule has 4 rings (SSSR count). The lowest BCUT2D eigenvalue weighted by atomic mass is 9.96. The smallest absolute Gasteiger partial charge is 0.303 e. The zero-order valence-corrected chi connectivity index (χ0v) is 23.9. The van der Waals surface area contributed by atoms with Crippen LogP contribution in [-0.2, 0) is 33.3 Å². The molecule has 15 heteroatoms. The summed E-state index contributed by atoms with van der Waals surface area (Å²) in [5, 5.41) is 9.93. The average molecular weight is 618 g/mol. The van der Waals surface area contributed by atoms with Crippen LogP contribution in [0, 0.1) is 5.82 Å². The average Bonchev–Trinajstić information content (AvgIpc) is 3.55. The maximum atomic E-state index is 14.1. The molecule has 3 heterocycles. The highest BCUT2D eigenvalue weighted by atomic mass is 35.5. The normalized spacial score (nSPS) is 22.8. The molecule has 3 unspecified atom stereocenters. The Balaban J connectivity index is 1.80. The Morgan fingerprint density at radius 3 is 2.36 bits per heavy atom. The summed E-state index contributed by atoms with van der Waals surface area (Å²) in [6.07, 6.45) is -1.59. The van der Waals surface area contributed by atoms with E-state index in [-0.39, 0.29) is 16.7 Å². The molecule has 0 bridgehead atoms. The SMILES string of the molecule is CC(=O)OCC1O[C@H](Sc2cc(Cl)c(F)c(Cl)c2)C(OC(C)=O)C(n2cc(-c3cccs3)nn2)[C@H]1OC(C)=O. The second kappa shape index (κ2) is 12.6. The summed E-state index contributed by atoms with van der Waals surface area (Å²) < 4.78 is 38.2. The standard InChI is InChI=1S/C24H22Cl2FN3O7S2/c1-11(31)34-10-18-22(35-12(2)32)21(30-9-17(28-29-30)19-5-4-6-38-19)23(36-13(3)33)24(37-18)39-14-7-15(25)20(27)16(26)8-14/h4-9,18,21-24H,10H2,1-3H3/t18?,21?,22-,23?,24+/m0/s1. The first-order chi connectivity index (χ1) is 18.5. The summed E-state index contributed by atoms with van der Waals surface area (Å²) in [7, 11) is 0. The molecular formula is C24H22Cl2FN3O7S2. The summed E-state index contributed by atoms with van der Waals surface area (Å²) in [6, 6.07) is 5.45. The molecule has 0 spiro atoms. The molecular weight excluding hydrogens is 596 g/mol. The number of ether oxygens (including phenoxy) is 4. The topological polar surface area (TPSA) is 119 Å². The lowest BCUT2D eigenvalue weighted by molar-refractivity contribution is -0.212. The van der Waals surface area contributed by atoms with Crippen LogP contribution >= 0.6 is 46.3 Å². The van der Waals surface area contributed by atoms with Gasteiger partial charge in [-0.2, -0.15) is 0 Å². The van der Waals surface area contributed by atoms with E-state index in [0.29, 0.717) is 10.6 Å². The van der Waals surface area contributed by atoms with Gasteiger partial charge in [0.2, 0.25) is 0 Å². The third kappa shape index (κ3) is 7.09. The van der Waals surface area contributed by atoms with Crippen LogP contribution in [0.2, 0.25) is 10.0 Å². The maximum Gasteiger partial charge on any atom is 0.303 e. The van der Waals surface area contributed by atoms with E-state index in [1.807, 2.05) is 17.5 Å². The molecule has 1 aliphatic rings. The molecule has 3 aromatic rings. The molecule has 0 amide bonds. The Hall–Kier alpha value is -2.71. The van der Waals surface area contributed by atoms with Gasteiger partial charge < -0.3 is 18.9 Å². The first-order valence-corrected chi connectivity index (χ1v) is 13.9. The molecule has 1 fully saturated rings. The molecule has 1 aliphatic heterocycles. The van der Waals surface area contributed by atoms with E-state index in [1.54, 1.807) is 6.20 Å². The van der Waals surface area contributed by atoms with Crippen molar-refractivity contribution in [1.82, 2.24) is 15.0 Å². The summed E-state index contributed by atoms with van der Waals surface area (Å²) in [5.74, 6) is -2.66. The monoisotopic (exact) mass is 617 g/mol. The van der Waals surface area contributed by atoms with Crippen molar-refractivity contribution < 1.29 is 37.7 Å². The Kier molecular flexibility index (Phi) is 9.49. The van der Waals surface area contributed by atoms with Gasteiger partial charge in [-0.1, -0.05) is 46.2 Å². The molecule has 1 saturated heterocycles. The van der Waals surface area contributed by atoms with Crippen molar-refractivity contribution in [3.05, 3.63) is 51.7 Å². The van der Waals surface area contributed by atoms with Gasteiger partial charge in [0.05, 0.1) is 21.1 Å². The van der Waals surface area contributed by atoms with Gasteiger partial charge in [0.15, 0.2) is 18.0 Å². The van der Waals surface area contributed by atoms with E-state index in [1.165, 1.54) is 48.9 Å². The van der Waals surface area contributed by atoms with Crippen molar-refractivity contribution in [3.8, 4) is 10.6 Å². The predicted octanol–water partition coefficient (Wildman–Crippen LogP) is 4.94. The summed E-state index contributed by atoms with van der Waals surface area (Å²) in [6.45, 7) is 3.37. The summed E-state index contributed by atoms with van der Waals surface area (Å²) in [4.78, 5) is 37.3. The van der Waals surface area contributed by atoms with E-state index in [9.17, 15) is 18.8 Å². The lowest BCUT2D eigenvalue weighted by Crippen LogP contribution is -2.57. The van der Waals surface area contributed by atoms with Crippen molar-refractivity contribution in [3.63, 3.8) is 0 Å². The number of hydrogen-bond acceptors (Lipinski definition) is 11. The van der Waals surface area contributed by atoms with Crippen LogP contribution in [0.4, 0.5) is 4.39 Å². The fourth-order valence-corrected chi connectivity index (χ4v) is 6.45. The number of benzene rings is 1. The van der Waals surface area contributed by atoms with Crippen molar-refractivity contribution in [2.24, 2.45) is 0 Å². The molecule has 0 aliphatic carbocycles. The molecule has 39 heavy (non-hydrogen) atoms. The number of nitrogens with zero attached hydrogens (tertiary/aromatic N) is 3. The van der Waals surface area contributed by atoms with Gasteiger partial charge >= 0.3 is 17.9 Å². The number of esters is 3. The first-order valence-electron chi connectivity index (χ1n) is 11.4. The first kappa shape index (κ1) is 29.3. The molecule has 0 saturated carbocycles. The van der Waals surface area contributed by atoms with Gasteiger partial charge in [0.1, 0.15) is 29.9 Å². The van der Waals surface area contributed by atoms with Gasteiger partial charge in [-0.3, -0.25) is 14.4 Å². The minimum absolute atomic E-state index is 0.215. The number of aromatic nitrogens is 3. The number of rotatable bonds is 8. The molecule has 10 nitrogen and oxygen atoms in total. The predicted molar refractivity (Wildman–Crippen MR) is 141 cm³/mol. The van der Waals surface area contributed by atoms with Gasteiger partial charge in [-0.05, 0) is 23.6 Å². The quantitative estimate of drug-likeness (QED) is 0.195. The van der Waals surface area contributed by atoms with Crippen LogP contribution < -0.4 is 0 Å². The molecule has 208 valence electrons. The Morgan fingerprint density at radius 1 is 1.10 bits per heavy atom. The van der Waals surface area contributed by atoms with Crippen LogP contribution in [0.1, 0.15) is 26.8 Å². The second-order valence-electron chi connectivity index (χ2n) is 8.36. The van der Waals surface area contributed by atoms with Crippen LogP contribution in [0.3, 0.4) is 0 Å². The van der Waals surface area contributed by atoms with E-state index < -0.39 is 53.5 Å². The lowest BCUT2D eigenvalue weighted by Gasteiger charge is -2.44. The van der Waals surface area contributed by atoms with Gasteiger partial charge in [0.25, 0.3) is 0 Å². The fourth-order valence-electron chi connectivity index (χ4n) is 3.97. The Labute approximate surface area is 240 Å². The zero-order valence-electron chi connectivity index (χ0n) is 20.7. The number of thioether (sulfide) groups is 1. The second-order valence-corrected chi connectivity index (χ2v) is 11.3. The van der Waals surface area contributed by atoms with Gasteiger partial charge in [0, 0.05) is 25.7 Å². The number of carbonyl (C=O) groups is 3. The van der Waals surface area contributed by atoms with Crippen LogP contribution in [0.5, 0.6) is 0 Å². The van der Waals surface area contributed by atoms with Crippen molar-refractivity contribution in [2.75, 3.05) is 6.61 Å². The van der Waals surface area contributed by atoms with E-state index in [4.69, 9.17) is 42.1 Å². The van der Waals surface area contributed by atoms with E-state index in [0.717, 1.165) is 16.6 Å². The van der Waals surface area contributed by atoms with Crippen molar-refractivity contribution in [2.45, 2.75) is 55.5 Å². The number of halogens is 3. The van der Waals surface area contributed by atoms with Crippen LogP contribution in [0.25, 0.3) is 10.6 Å². The molecule has 0 radical (unpaired) electrons. The van der Waals surface area contributed by atoms with E-state index >= 15 is 0 Å². The minimum atomic E-state index is -1.11. The Bertz CT molecular complexity index is 1330. The summed E-state index contributed by atoms with van der Waals surface area (Å²) in [5.41, 5.74) is -0.448. The molecule has 0 N–H and O–H groups in total. The molecule has 5 atom stereocenters. The highest BCUT2D eigenvalue weighted by Gasteiger charge is 2.52. The minimum Gasteiger partial charge on any atom is -0.463 e. The van der Waals surface area contributed by atoms with E-state index in [2.05, 4.69) is 10.3 Å². The van der Waals surface area contributed by atoms with Crippen molar-refractivity contribution in [1.29, 1.82) is 0 Å². The molecule has 1 aromatic carbocycles. The van der Waals surface area contributed by atoms with Crippen molar-refractivity contribution >= 4 is 64.2 Å². The number of carbonyl (C=O) groups excluding carboxylic acids is 3. The number of hydrogen-bond donors (Lipinski definition) is 0. The van der Waals surface area contributed by atoms with Gasteiger partial charge in [-0.15, -0.1) is 16.4 Å². The van der Waals surface area contributed by atoms with Crippen LogP contribution in [0.15, 0.2) is 40.7 Å². The number of thiophene rings is 1. The third-order valence-electron chi connectivity index (χ3n) is 5.47. The molecule has 2 aromatic heterocycles. The zero-order chi connectivity index (χ0) is 28.3. The highest BCUT2D eigenvalue weighted by Crippen LogP contribution is 2.43. The maximum absolute atomic E-state index is 14.1. The summed E-state index contributed by atoms with van der Waals surface area (Å²) >= 11 is 14.5. The largest absolute Gasteiger partial charge is 0.463 e. The Morgan fingerprint density at radius 2 is 1.77 bits per heavy atom.